The number of esters is 1. The van der Waals surface area contributed by atoms with Gasteiger partial charge in [-0.3, -0.25) is 18.6 Å². The van der Waals surface area contributed by atoms with E-state index in [1.807, 2.05) is 0 Å². The Morgan fingerprint density at radius 3 is 1.77 bits per heavy atom. The highest BCUT2D eigenvalue weighted by Gasteiger charge is 2.23. The first-order valence-electron chi connectivity index (χ1n) is 18.1. The largest absolute Gasteiger partial charge is 0.472 e. The minimum absolute atomic E-state index is 0.0632. The van der Waals surface area contributed by atoms with Crippen LogP contribution in [0.15, 0.2) is 48.6 Å². The van der Waals surface area contributed by atoms with Gasteiger partial charge in [0.2, 0.25) is 5.91 Å². The van der Waals surface area contributed by atoms with Crippen LogP contribution in [0.3, 0.4) is 0 Å². The fraction of sp³-hybridized carbons (Fsp3) is 0.730. The molecule has 0 fully saturated rings. The monoisotopic (exact) mass is 683 g/mol. The van der Waals surface area contributed by atoms with Gasteiger partial charge in [0.25, 0.3) is 0 Å². The number of allylic oxidation sites excluding steroid dienone is 8. The van der Waals surface area contributed by atoms with Gasteiger partial charge >= 0.3 is 13.8 Å². The van der Waals surface area contributed by atoms with Crippen LogP contribution < -0.4 is 5.32 Å². The third kappa shape index (κ3) is 35.1. The Morgan fingerprint density at radius 2 is 1.15 bits per heavy atom. The maximum absolute atomic E-state index is 12.0. The molecule has 0 saturated heterocycles. The Morgan fingerprint density at radius 1 is 0.660 bits per heavy atom. The lowest BCUT2D eigenvalue weighted by atomic mass is 10.1. The fourth-order valence-electron chi connectivity index (χ4n) is 4.48. The van der Waals surface area contributed by atoms with E-state index in [1.54, 1.807) is 0 Å². The van der Waals surface area contributed by atoms with Crippen molar-refractivity contribution in [3.05, 3.63) is 48.6 Å². The van der Waals surface area contributed by atoms with Crippen molar-refractivity contribution in [2.75, 3.05) is 26.4 Å². The number of nitrogens with one attached hydrogen (secondary N) is 1. The second-order valence-electron chi connectivity index (χ2n) is 11.8. The molecule has 0 bridgehead atoms. The van der Waals surface area contributed by atoms with Crippen LogP contribution >= 0.6 is 7.82 Å². The van der Waals surface area contributed by atoms with Crippen molar-refractivity contribution in [3.63, 3.8) is 0 Å². The first-order chi connectivity index (χ1) is 22.8. The smallest absolute Gasteiger partial charge is 0.463 e. The SMILES string of the molecule is CCCCC/C=C\C/C=C\C/C=C\C/C=C\CCCCCC(=O)NCCOP(=O)(O)OCC(O)COC(=O)CCCCCCCCC. The predicted octanol–water partition coefficient (Wildman–Crippen LogP) is 9.21. The van der Waals surface area contributed by atoms with E-state index in [0.717, 1.165) is 64.2 Å². The number of aliphatic hydroxyl groups excluding tert-OH is 1. The van der Waals surface area contributed by atoms with Crippen LogP contribution in [-0.2, 0) is 27.9 Å². The number of aliphatic hydroxyl groups is 1. The van der Waals surface area contributed by atoms with Gasteiger partial charge in [-0.2, -0.15) is 0 Å². The second-order valence-corrected chi connectivity index (χ2v) is 13.3. The van der Waals surface area contributed by atoms with Crippen molar-refractivity contribution in [3.8, 4) is 0 Å². The van der Waals surface area contributed by atoms with E-state index in [2.05, 4.69) is 67.8 Å². The molecule has 47 heavy (non-hydrogen) atoms. The standard InChI is InChI=1S/C37H66NO8P/c1-3-5-7-9-11-12-13-14-15-16-17-18-19-20-21-22-24-25-27-29-36(40)38-31-32-45-47(42,43)46-34-35(39)33-44-37(41)30-28-26-23-10-8-6-4-2/h11-12,14-15,17-18,20-21,35,39H,3-10,13,16,19,22-34H2,1-2H3,(H,38,40)(H,42,43)/b12-11-,15-14-,18-17-,21-20-. The Hall–Kier alpha value is -2.03. The molecule has 9 nitrogen and oxygen atoms in total. The van der Waals surface area contributed by atoms with Gasteiger partial charge < -0.3 is 20.1 Å². The average Bonchev–Trinajstić information content (AvgIpc) is 3.05. The molecule has 0 spiro atoms. The molecule has 0 radical (unpaired) electrons. The van der Waals surface area contributed by atoms with Crippen LogP contribution in [0.4, 0.5) is 0 Å². The minimum atomic E-state index is -4.41. The molecule has 0 rings (SSSR count). The number of hydrogen-bond acceptors (Lipinski definition) is 7. The maximum Gasteiger partial charge on any atom is 0.472 e. The van der Waals surface area contributed by atoms with Gasteiger partial charge in [-0.25, -0.2) is 4.57 Å². The van der Waals surface area contributed by atoms with Gasteiger partial charge in [0, 0.05) is 19.4 Å². The number of unbranched alkanes of at least 4 members (excludes halogenated alkanes) is 12. The molecule has 0 aromatic heterocycles. The molecule has 0 aromatic carbocycles. The molecular weight excluding hydrogens is 617 g/mol. The Labute approximate surface area is 285 Å². The number of phosphoric acid groups is 1. The highest BCUT2D eigenvalue weighted by atomic mass is 31.2. The number of hydrogen-bond donors (Lipinski definition) is 3. The Balaban J connectivity index is 3.70. The van der Waals surface area contributed by atoms with E-state index in [4.69, 9.17) is 13.8 Å². The fourth-order valence-corrected chi connectivity index (χ4v) is 5.24. The zero-order valence-electron chi connectivity index (χ0n) is 29.5. The summed E-state index contributed by atoms with van der Waals surface area (Å²) in [6.07, 6.45) is 36.3. The molecule has 2 atom stereocenters. The average molecular weight is 684 g/mol. The lowest BCUT2D eigenvalue weighted by molar-refractivity contribution is -0.147. The first-order valence-corrected chi connectivity index (χ1v) is 19.6. The third-order valence-electron chi connectivity index (χ3n) is 7.26. The van der Waals surface area contributed by atoms with Crippen LogP contribution in [0.5, 0.6) is 0 Å². The van der Waals surface area contributed by atoms with Crippen molar-refractivity contribution in [1.82, 2.24) is 5.32 Å². The van der Waals surface area contributed by atoms with Crippen LogP contribution in [0.25, 0.3) is 0 Å². The van der Waals surface area contributed by atoms with Crippen LogP contribution in [-0.4, -0.2) is 54.3 Å². The normalized spacial score (nSPS) is 14.0. The van der Waals surface area contributed by atoms with Crippen molar-refractivity contribution in [2.24, 2.45) is 0 Å². The van der Waals surface area contributed by atoms with Gasteiger partial charge in [0.05, 0.1) is 13.2 Å². The molecule has 0 aliphatic carbocycles. The topological polar surface area (TPSA) is 131 Å². The molecule has 2 unspecified atom stereocenters. The van der Waals surface area contributed by atoms with E-state index in [-0.39, 0.29) is 32.1 Å². The molecule has 272 valence electrons. The highest BCUT2D eigenvalue weighted by molar-refractivity contribution is 7.47. The molecular formula is C37H66NO8P. The van der Waals surface area contributed by atoms with Crippen molar-refractivity contribution >= 4 is 19.7 Å². The molecule has 0 saturated carbocycles. The lowest BCUT2D eigenvalue weighted by Crippen LogP contribution is -2.27. The van der Waals surface area contributed by atoms with E-state index in [0.29, 0.717) is 6.42 Å². The Bertz CT molecular complexity index is 918. The first kappa shape index (κ1) is 45.0. The number of rotatable bonds is 33. The summed E-state index contributed by atoms with van der Waals surface area (Å²) in [5.41, 5.74) is 0. The summed E-state index contributed by atoms with van der Waals surface area (Å²) in [5, 5.41) is 12.5. The van der Waals surface area contributed by atoms with Crippen LogP contribution in [0, 0.1) is 0 Å². The molecule has 10 heteroatoms. The van der Waals surface area contributed by atoms with Gasteiger partial charge in [0.1, 0.15) is 12.7 Å². The second kappa shape index (κ2) is 33.9. The van der Waals surface area contributed by atoms with E-state index in [9.17, 15) is 24.2 Å². The quantitative estimate of drug-likeness (QED) is 0.0270. The number of carbonyl (C=O) groups is 2. The third-order valence-corrected chi connectivity index (χ3v) is 8.25. The summed E-state index contributed by atoms with van der Waals surface area (Å²) in [6, 6.07) is 0. The highest BCUT2D eigenvalue weighted by Crippen LogP contribution is 2.42. The maximum atomic E-state index is 12.0. The number of amides is 1. The molecule has 3 N–H and O–H groups in total. The van der Waals surface area contributed by atoms with E-state index >= 15 is 0 Å². The molecule has 1 amide bonds. The van der Waals surface area contributed by atoms with E-state index < -0.39 is 26.5 Å². The van der Waals surface area contributed by atoms with Crippen LogP contribution in [0.2, 0.25) is 0 Å². The van der Waals surface area contributed by atoms with Crippen molar-refractivity contribution in [1.29, 1.82) is 0 Å². The van der Waals surface area contributed by atoms with Gasteiger partial charge in [-0.1, -0.05) is 120 Å². The summed E-state index contributed by atoms with van der Waals surface area (Å²) in [6.45, 7) is 3.40. The zero-order chi connectivity index (χ0) is 34.7. The molecule has 0 heterocycles. The van der Waals surface area contributed by atoms with Crippen molar-refractivity contribution in [2.45, 2.75) is 148 Å². The molecule has 0 aliphatic heterocycles. The number of phosphoric ester groups is 1. The number of ether oxygens (including phenoxy) is 1. The van der Waals surface area contributed by atoms with Gasteiger partial charge in [-0.05, 0) is 57.8 Å². The number of carbonyl (C=O) groups excluding carboxylic acids is 2. The lowest BCUT2D eigenvalue weighted by Gasteiger charge is -2.15. The Kier molecular flexibility index (Phi) is 32.4. The van der Waals surface area contributed by atoms with E-state index in [1.165, 1.54) is 51.4 Å². The van der Waals surface area contributed by atoms with Gasteiger partial charge in [-0.15, -0.1) is 0 Å². The van der Waals surface area contributed by atoms with Crippen molar-refractivity contribution < 1.29 is 37.9 Å². The summed E-state index contributed by atoms with van der Waals surface area (Å²) in [5.74, 6) is -0.558. The zero-order valence-corrected chi connectivity index (χ0v) is 30.4. The predicted molar refractivity (Wildman–Crippen MR) is 192 cm³/mol. The van der Waals surface area contributed by atoms with Crippen LogP contribution in [0.1, 0.15) is 142 Å². The summed E-state index contributed by atoms with van der Waals surface area (Å²) >= 11 is 0. The minimum Gasteiger partial charge on any atom is -0.463 e. The molecule has 0 aliphatic rings. The summed E-state index contributed by atoms with van der Waals surface area (Å²) in [4.78, 5) is 33.6. The summed E-state index contributed by atoms with van der Waals surface area (Å²) < 4.78 is 26.6. The summed E-state index contributed by atoms with van der Waals surface area (Å²) in [7, 11) is -4.41. The van der Waals surface area contributed by atoms with Gasteiger partial charge in [0.15, 0.2) is 0 Å². The molecule has 0 aromatic rings.